The van der Waals surface area contributed by atoms with Crippen molar-refractivity contribution in [3.05, 3.63) is 60.9 Å². The van der Waals surface area contributed by atoms with Crippen LogP contribution < -0.4 is 0 Å². The van der Waals surface area contributed by atoms with Crippen molar-refractivity contribution in [3.63, 3.8) is 0 Å². The number of aromatic nitrogens is 2. The monoisotopic (exact) mass is 308 g/mol. The molecular weight excluding hydrogens is 299 g/mol. The molecule has 0 fully saturated rings. The van der Waals surface area contributed by atoms with Gasteiger partial charge in [-0.3, -0.25) is 4.98 Å². The molecule has 1 heterocycles. The van der Waals surface area contributed by atoms with Crippen LogP contribution in [-0.4, -0.2) is 9.97 Å². The van der Waals surface area contributed by atoms with Gasteiger partial charge in [0, 0.05) is 19.5 Å². The van der Waals surface area contributed by atoms with Crippen molar-refractivity contribution in [3.8, 4) is 11.3 Å². The fourth-order valence-electron chi connectivity index (χ4n) is 1.76. The molecule has 0 amide bonds. The number of rotatable bonds is 1. The summed E-state index contributed by atoms with van der Waals surface area (Å²) in [4.78, 5) is 8.58. The summed E-state index contributed by atoms with van der Waals surface area (Å²) in [5.41, 5.74) is 2.90. The second-order valence-corrected chi connectivity index (χ2v) is 3.52. The van der Waals surface area contributed by atoms with Crippen molar-refractivity contribution in [1.29, 1.82) is 0 Å². The quantitative estimate of drug-likeness (QED) is 0.510. The molecule has 0 N–H and O–H groups in total. The van der Waals surface area contributed by atoms with E-state index in [4.69, 9.17) is 0 Å². The van der Waals surface area contributed by atoms with Gasteiger partial charge in [0.15, 0.2) is 0 Å². The molecule has 2 aromatic carbocycles. The normalized spacial score (nSPS) is 9.88. The van der Waals surface area contributed by atoms with E-state index in [0.717, 1.165) is 22.2 Å². The van der Waals surface area contributed by atoms with E-state index in [1.165, 1.54) is 0 Å². The zero-order valence-electron chi connectivity index (χ0n) is 8.92. The van der Waals surface area contributed by atoms with Crippen molar-refractivity contribution >= 4 is 10.9 Å². The van der Waals surface area contributed by atoms with Crippen LogP contribution >= 0.6 is 0 Å². The summed E-state index contributed by atoms with van der Waals surface area (Å²) < 4.78 is 0. The van der Waals surface area contributed by atoms with Crippen LogP contribution in [0.15, 0.2) is 54.9 Å². The van der Waals surface area contributed by atoms with E-state index in [9.17, 15) is 0 Å². The average Bonchev–Trinajstić information content (AvgIpc) is 2.39. The van der Waals surface area contributed by atoms with E-state index in [-0.39, 0.29) is 19.5 Å². The van der Waals surface area contributed by atoms with Gasteiger partial charge in [0.25, 0.3) is 0 Å². The van der Waals surface area contributed by atoms with Gasteiger partial charge < -0.3 is 0 Å². The predicted octanol–water partition coefficient (Wildman–Crippen LogP) is 3.09. The van der Waals surface area contributed by atoms with Gasteiger partial charge in [0.1, 0.15) is 6.33 Å². The molecule has 1 radical (unpaired) electrons. The van der Waals surface area contributed by atoms with Crippen molar-refractivity contribution in [2.75, 3.05) is 0 Å². The van der Waals surface area contributed by atoms with Gasteiger partial charge in [-0.25, -0.2) is 4.98 Å². The van der Waals surface area contributed by atoms with E-state index < -0.39 is 0 Å². The Kier molecular flexibility index (Phi) is 3.60. The minimum Gasteiger partial charge on any atom is -0.285 e. The molecule has 0 saturated carbocycles. The molecule has 0 aliphatic carbocycles. The van der Waals surface area contributed by atoms with Crippen molar-refractivity contribution in [2.24, 2.45) is 0 Å². The van der Waals surface area contributed by atoms with Crippen LogP contribution in [0.3, 0.4) is 0 Å². The second-order valence-electron chi connectivity index (χ2n) is 3.52. The van der Waals surface area contributed by atoms with E-state index in [0.29, 0.717) is 0 Å². The predicted molar refractivity (Wildman–Crippen MR) is 63.8 cm³/mol. The summed E-state index contributed by atoms with van der Waals surface area (Å²) in [6, 6.07) is 19.0. The van der Waals surface area contributed by atoms with E-state index in [2.05, 4.69) is 16.0 Å². The van der Waals surface area contributed by atoms with Crippen LogP contribution in [0.4, 0.5) is 0 Å². The Morgan fingerprint density at radius 1 is 0.882 bits per heavy atom. The molecule has 2 nitrogen and oxygen atoms in total. The summed E-state index contributed by atoms with van der Waals surface area (Å²) in [7, 11) is 0. The molecule has 0 aliphatic heterocycles. The van der Waals surface area contributed by atoms with E-state index >= 15 is 0 Å². The molecule has 3 aromatic rings. The minimum absolute atomic E-state index is 0. The van der Waals surface area contributed by atoms with Crippen LogP contribution in [0.2, 0.25) is 0 Å². The number of nitrogens with zero attached hydrogens (tertiary/aromatic N) is 2. The Balaban J connectivity index is 0.00000108. The fraction of sp³-hybridized carbons (Fsp3) is 0. The molecule has 3 heteroatoms. The van der Waals surface area contributed by atoms with Crippen LogP contribution in [0.5, 0.6) is 0 Å². The van der Waals surface area contributed by atoms with Gasteiger partial charge in [-0.05, 0) is 17.1 Å². The number of para-hydroxylation sites is 1. The van der Waals surface area contributed by atoms with Gasteiger partial charge in [-0.2, -0.15) is 0 Å². The largest absolute Gasteiger partial charge is 0.285 e. The molecule has 85 valence electrons. The Bertz CT molecular complexity index is 618. The Hall–Kier alpha value is -1.60. The Morgan fingerprint density at radius 3 is 2.53 bits per heavy atom. The number of hydrogen-bond donors (Lipinski definition) is 0. The SMILES string of the molecule is [Rh].[c-]1ccccc1-c1ncnc2ccccc12. The molecule has 0 unspecified atom stereocenters. The number of benzene rings is 2. The zero-order valence-corrected chi connectivity index (χ0v) is 10.6. The van der Waals surface area contributed by atoms with Gasteiger partial charge in [-0.15, -0.1) is 35.9 Å². The van der Waals surface area contributed by atoms with Crippen molar-refractivity contribution in [2.45, 2.75) is 0 Å². The van der Waals surface area contributed by atoms with Crippen LogP contribution in [-0.2, 0) is 19.5 Å². The molecule has 0 aliphatic rings. The third kappa shape index (κ3) is 2.25. The summed E-state index contributed by atoms with van der Waals surface area (Å²) in [6.45, 7) is 0. The Morgan fingerprint density at radius 2 is 1.71 bits per heavy atom. The molecule has 3 rings (SSSR count). The minimum atomic E-state index is 0. The zero-order chi connectivity index (χ0) is 10.8. The van der Waals surface area contributed by atoms with Crippen LogP contribution in [0.1, 0.15) is 0 Å². The summed E-state index contributed by atoms with van der Waals surface area (Å²) in [5.74, 6) is 0. The molecular formula is C14H9N2Rh-. The van der Waals surface area contributed by atoms with Gasteiger partial charge in [0.05, 0.1) is 5.52 Å². The molecule has 0 atom stereocenters. The van der Waals surface area contributed by atoms with Gasteiger partial charge >= 0.3 is 0 Å². The first-order valence-corrected chi connectivity index (χ1v) is 5.12. The number of fused-ring (bicyclic) bond motifs is 1. The first-order valence-electron chi connectivity index (χ1n) is 5.12. The third-order valence-electron chi connectivity index (χ3n) is 2.51. The fourth-order valence-corrected chi connectivity index (χ4v) is 1.76. The first-order chi connectivity index (χ1) is 7.95. The maximum atomic E-state index is 4.33. The molecule has 17 heavy (non-hydrogen) atoms. The van der Waals surface area contributed by atoms with Crippen molar-refractivity contribution in [1.82, 2.24) is 9.97 Å². The van der Waals surface area contributed by atoms with Gasteiger partial charge in [0.2, 0.25) is 0 Å². The van der Waals surface area contributed by atoms with Crippen LogP contribution in [0, 0.1) is 6.07 Å². The number of hydrogen-bond acceptors (Lipinski definition) is 2. The molecule has 0 saturated heterocycles. The average molecular weight is 308 g/mol. The standard InChI is InChI=1S/C14H9N2.Rh/c1-2-6-11(7-3-1)14-12-8-4-5-9-13(12)15-10-16-14;/h1-6,8-10H;/q-1;. The molecule has 1 aromatic heterocycles. The maximum absolute atomic E-state index is 4.33. The molecule has 0 spiro atoms. The van der Waals surface area contributed by atoms with E-state index in [1.54, 1.807) is 6.33 Å². The van der Waals surface area contributed by atoms with Crippen LogP contribution in [0.25, 0.3) is 22.2 Å². The summed E-state index contributed by atoms with van der Waals surface area (Å²) >= 11 is 0. The topological polar surface area (TPSA) is 25.8 Å². The second kappa shape index (κ2) is 5.16. The van der Waals surface area contributed by atoms with E-state index in [1.807, 2.05) is 48.5 Å². The first kappa shape index (κ1) is 11.9. The van der Waals surface area contributed by atoms with Gasteiger partial charge in [-0.1, -0.05) is 18.2 Å². The van der Waals surface area contributed by atoms with Crippen molar-refractivity contribution < 1.29 is 19.5 Å². The summed E-state index contributed by atoms with van der Waals surface area (Å²) in [5, 5.41) is 1.06. The molecule has 0 bridgehead atoms. The Labute approximate surface area is 112 Å². The summed E-state index contributed by atoms with van der Waals surface area (Å²) in [6.07, 6.45) is 1.60. The third-order valence-corrected chi connectivity index (χ3v) is 2.51. The maximum Gasteiger partial charge on any atom is 0.106 e. The smallest absolute Gasteiger partial charge is 0.106 e.